The van der Waals surface area contributed by atoms with Crippen molar-refractivity contribution in [2.45, 2.75) is 69.0 Å². The van der Waals surface area contributed by atoms with Crippen molar-refractivity contribution in [3.63, 3.8) is 0 Å². The highest BCUT2D eigenvalue weighted by Crippen LogP contribution is 2.51. The molecular weight excluding hydrogens is 248 g/mol. The molecule has 0 amide bonds. The van der Waals surface area contributed by atoms with E-state index in [-0.39, 0.29) is 0 Å². The largest absolute Gasteiger partial charge is 0.381 e. The number of rotatable bonds is 3. The Hall–Kier alpha value is 0.660. The Labute approximate surface area is 114 Å². The third-order valence-corrected chi connectivity index (χ3v) is 8.21. The van der Waals surface area contributed by atoms with Gasteiger partial charge < -0.3 is 4.74 Å². The summed E-state index contributed by atoms with van der Waals surface area (Å²) in [5, 5.41) is 1.64. The molecule has 0 aromatic heterocycles. The van der Waals surface area contributed by atoms with Gasteiger partial charge in [0.2, 0.25) is 0 Å². The first-order valence-electron chi connectivity index (χ1n) is 7.16. The van der Waals surface area contributed by atoms with E-state index in [1.54, 1.807) is 0 Å². The molecule has 0 spiro atoms. The highest BCUT2D eigenvalue weighted by Gasteiger charge is 2.42. The van der Waals surface area contributed by atoms with E-state index in [9.17, 15) is 0 Å². The van der Waals surface area contributed by atoms with Gasteiger partial charge in [0.25, 0.3) is 0 Å². The minimum absolute atomic E-state index is 0.512. The van der Waals surface area contributed by atoms with Crippen LogP contribution in [-0.2, 0) is 4.74 Å². The van der Waals surface area contributed by atoms with E-state index >= 15 is 0 Å². The van der Waals surface area contributed by atoms with E-state index in [0.717, 1.165) is 22.3 Å². The first kappa shape index (κ1) is 14.1. The summed E-state index contributed by atoms with van der Waals surface area (Å²) in [5.41, 5.74) is 0. The molecule has 100 valence electrons. The molecule has 3 heteroatoms. The van der Waals surface area contributed by atoms with Gasteiger partial charge in [-0.15, -0.1) is 0 Å². The summed E-state index contributed by atoms with van der Waals surface area (Å²) in [5.74, 6) is 1.57. The topological polar surface area (TPSA) is 9.23 Å². The van der Waals surface area contributed by atoms with Crippen molar-refractivity contribution in [3.8, 4) is 0 Å². The van der Waals surface area contributed by atoms with Crippen LogP contribution in [0, 0.1) is 11.8 Å². The van der Waals surface area contributed by atoms with Gasteiger partial charge in [-0.05, 0) is 37.5 Å². The van der Waals surface area contributed by atoms with Crippen molar-refractivity contribution in [3.05, 3.63) is 0 Å². The molecule has 0 radical (unpaired) electrons. The zero-order valence-corrected chi connectivity index (χ0v) is 13.0. The summed E-state index contributed by atoms with van der Waals surface area (Å²) in [6.45, 7) is 4.68. The number of methoxy groups -OCH3 is 1. The van der Waals surface area contributed by atoms with E-state index in [1.807, 2.05) is 7.11 Å². The van der Waals surface area contributed by atoms with Crippen LogP contribution in [-0.4, -0.2) is 23.7 Å². The monoisotopic (exact) mass is 274 g/mol. The zero-order chi connectivity index (χ0) is 12.3. The third kappa shape index (κ3) is 2.98. The van der Waals surface area contributed by atoms with Crippen LogP contribution in [0.3, 0.4) is 0 Å². The average molecular weight is 274 g/mol. The third-order valence-electron chi connectivity index (χ3n) is 4.52. The number of hydrogen-bond acceptors (Lipinski definition) is 3. The molecule has 5 unspecified atom stereocenters. The second-order valence-electron chi connectivity index (χ2n) is 5.40. The number of fused-ring (bicyclic) bond motifs is 1. The Bertz CT molecular complexity index is 226. The summed E-state index contributed by atoms with van der Waals surface area (Å²) in [6.07, 6.45) is 8.72. The highest BCUT2D eigenvalue weighted by atomic mass is 33.1. The second kappa shape index (κ2) is 6.72. The minimum Gasteiger partial charge on any atom is -0.381 e. The van der Waals surface area contributed by atoms with Crippen LogP contribution in [0.2, 0.25) is 0 Å². The van der Waals surface area contributed by atoms with Gasteiger partial charge in [0.05, 0.1) is 6.10 Å². The van der Waals surface area contributed by atoms with Crippen molar-refractivity contribution in [1.29, 1.82) is 0 Å². The molecule has 0 aromatic rings. The first-order chi connectivity index (χ1) is 8.31. The maximum Gasteiger partial charge on any atom is 0.0649 e. The molecule has 2 rings (SSSR count). The van der Waals surface area contributed by atoms with E-state index in [2.05, 4.69) is 35.4 Å². The fourth-order valence-corrected chi connectivity index (χ4v) is 7.60. The van der Waals surface area contributed by atoms with Gasteiger partial charge in [0.15, 0.2) is 0 Å². The maximum atomic E-state index is 5.95. The van der Waals surface area contributed by atoms with Gasteiger partial charge in [0, 0.05) is 17.6 Å². The predicted octanol–water partition coefficient (Wildman–Crippen LogP) is 4.76. The molecule has 0 aromatic carbocycles. The van der Waals surface area contributed by atoms with Crippen molar-refractivity contribution >= 4 is 21.6 Å². The predicted molar refractivity (Wildman–Crippen MR) is 79.6 cm³/mol. The van der Waals surface area contributed by atoms with Crippen molar-refractivity contribution in [2.75, 3.05) is 7.11 Å². The Kier molecular flexibility index (Phi) is 5.56. The summed E-state index contributed by atoms with van der Waals surface area (Å²) >= 11 is 0. The van der Waals surface area contributed by atoms with E-state index in [1.165, 1.54) is 38.5 Å². The van der Waals surface area contributed by atoms with Gasteiger partial charge >= 0.3 is 0 Å². The molecule has 17 heavy (non-hydrogen) atoms. The molecule has 1 saturated carbocycles. The number of hydrogen-bond donors (Lipinski definition) is 0. The van der Waals surface area contributed by atoms with Crippen LogP contribution >= 0.6 is 21.6 Å². The molecule has 2 fully saturated rings. The maximum absolute atomic E-state index is 5.95. The SMILES string of the molecule is CCC1SSC2CCCCC2C(OC)C1CC. The molecule has 1 saturated heterocycles. The standard InChI is InChI=1S/C14H26OS2/c1-4-10-12(5-2)16-17-13-9-7-6-8-11(13)14(10)15-3/h10-14H,4-9H2,1-3H3. The lowest BCUT2D eigenvalue weighted by molar-refractivity contribution is -0.00551. The normalized spacial score (nSPS) is 42.9. The summed E-state index contributed by atoms with van der Waals surface area (Å²) in [6, 6.07) is 0. The molecule has 2 aliphatic rings. The van der Waals surface area contributed by atoms with Crippen LogP contribution in [0.4, 0.5) is 0 Å². The smallest absolute Gasteiger partial charge is 0.0649 e. The summed E-state index contributed by atoms with van der Waals surface area (Å²) in [7, 11) is 6.27. The average Bonchev–Trinajstić information content (AvgIpc) is 2.54. The van der Waals surface area contributed by atoms with E-state index in [0.29, 0.717) is 6.10 Å². The molecule has 1 heterocycles. The van der Waals surface area contributed by atoms with Crippen molar-refractivity contribution < 1.29 is 4.74 Å². The van der Waals surface area contributed by atoms with Gasteiger partial charge in [-0.3, -0.25) is 0 Å². The Balaban J connectivity index is 2.17. The lowest BCUT2D eigenvalue weighted by atomic mass is 9.77. The fourth-order valence-electron chi connectivity index (χ4n) is 3.58. The van der Waals surface area contributed by atoms with Gasteiger partial charge in [0.1, 0.15) is 0 Å². The van der Waals surface area contributed by atoms with E-state index < -0.39 is 0 Å². The summed E-state index contributed by atoms with van der Waals surface area (Å²) in [4.78, 5) is 0. The lowest BCUT2D eigenvalue weighted by Crippen LogP contribution is -2.39. The van der Waals surface area contributed by atoms with Crippen molar-refractivity contribution in [2.24, 2.45) is 11.8 Å². The van der Waals surface area contributed by atoms with Crippen molar-refractivity contribution in [1.82, 2.24) is 0 Å². The molecule has 1 aliphatic heterocycles. The van der Waals surface area contributed by atoms with Gasteiger partial charge in [-0.25, -0.2) is 0 Å². The zero-order valence-electron chi connectivity index (χ0n) is 11.4. The quantitative estimate of drug-likeness (QED) is 0.687. The first-order valence-corrected chi connectivity index (χ1v) is 9.44. The van der Waals surface area contributed by atoms with Gasteiger partial charge in [-0.1, -0.05) is 48.3 Å². The molecular formula is C14H26OS2. The Morgan fingerprint density at radius 3 is 2.47 bits per heavy atom. The van der Waals surface area contributed by atoms with Crippen LogP contribution in [0.25, 0.3) is 0 Å². The molecule has 0 N–H and O–H groups in total. The highest BCUT2D eigenvalue weighted by molar-refractivity contribution is 8.77. The minimum atomic E-state index is 0.512. The van der Waals surface area contributed by atoms with Crippen LogP contribution < -0.4 is 0 Å². The molecule has 5 atom stereocenters. The summed E-state index contributed by atoms with van der Waals surface area (Å²) < 4.78 is 5.95. The van der Waals surface area contributed by atoms with E-state index in [4.69, 9.17) is 4.74 Å². The second-order valence-corrected chi connectivity index (χ2v) is 8.15. The number of ether oxygens (including phenoxy) is 1. The fraction of sp³-hybridized carbons (Fsp3) is 1.00. The molecule has 1 aliphatic carbocycles. The van der Waals surface area contributed by atoms with Gasteiger partial charge in [-0.2, -0.15) is 0 Å². The molecule has 1 nitrogen and oxygen atoms in total. The van der Waals surface area contributed by atoms with Crippen LogP contribution in [0.15, 0.2) is 0 Å². The Morgan fingerprint density at radius 1 is 1.06 bits per heavy atom. The molecule has 0 bridgehead atoms. The Morgan fingerprint density at radius 2 is 1.82 bits per heavy atom. The lowest BCUT2D eigenvalue weighted by Gasteiger charge is -2.37. The van der Waals surface area contributed by atoms with Crippen LogP contribution in [0.5, 0.6) is 0 Å². The van der Waals surface area contributed by atoms with Crippen LogP contribution in [0.1, 0.15) is 52.4 Å².